The Hall–Kier alpha value is -1.40. The van der Waals surface area contributed by atoms with E-state index in [-0.39, 0.29) is 17.9 Å². The molecular formula is C32H46F6O. The number of methoxy groups -OCH3 is 1. The van der Waals surface area contributed by atoms with Crippen molar-refractivity contribution in [1.82, 2.24) is 0 Å². The molecule has 3 aliphatic carbocycles. The average molecular weight is 561 g/mol. The number of benzene rings is 1. The SMILES string of the molecule is CCCC1CCC(C2CCC(C3CCC(CCc4ccc(OC)c(C(F)(F)F)c4C(F)(F)F)CC3)CC2)CC1. The van der Waals surface area contributed by atoms with Crippen LogP contribution in [0.25, 0.3) is 0 Å². The Kier molecular flexibility index (Phi) is 10.2. The molecule has 0 N–H and O–H groups in total. The van der Waals surface area contributed by atoms with Gasteiger partial charge < -0.3 is 4.74 Å². The second-order valence-electron chi connectivity index (χ2n) is 12.7. The highest BCUT2D eigenvalue weighted by Gasteiger charge is 2.47. The molecule has 0 heterocycles. The number of hydrogen-bond acceptors (Lipinski definition) is 1. The third kappa shape index (κ3) is 7.67. The van der Waals surface area contributed by atoms with E-state index >= 15 is 0 Å². The summed E-state index contributed by atoms with van der Waals surface area (Å²) in [7, 11) is 0.966. The van der Waals surface area contributed by atoms with E-state index in [0.29, 0.717) is 12.3 Å². The highest BCUT2D eigenvalue weighted by Crippen LogP contribution is 2.49. The predicted molar refractivity (Wildman–Crippen MR) is 143 cm³/mol. The van der Waals surface area contributed by atoms with Crippen LogP contribution in [0.2, 0.25) is 0 Å². The van der Waals surface area contributed by atoms with Gasteiger partial charge in [-0.3, -0.25) is 0 Å². The van der Waals surface area contributed by atoms with Crippen molar-refractivity contribution >= 4 is 0 Å². The van der Waals surface area contributed by atoms with E-state index in [4.69, 9.17) is 0 Å². The Morgan fingerprint density at radius 2 is 1.03 bits per heavy atom. The standard InChI is InChI=1S/C32H46F6O/c1-3-4-21-5-10-23(11-6-21)25-15-17-26(18-16-25)24-12-7-22(8-13-24)9-14-27-19-20-28(39-2)30(32(36,37)38)29(27)31(33,34)35/h19-26H,3-18H2,1-2H3. The summed E-state index contributed by atoms with van der Waals surface area (Å²) >= 11 is 0. The maximum atomic E-state index is 13.8. The minimum absolute atomic E-state index is 0.00284. The van der Waals surface area contributed by atoms with Gasteiger partial charge in [0.25, 0.3) is 0 Å². The molecule has 4 rings (SSSR count). The van der Waals surface area contributed by atoms with Crippen molar-refractivity contribution in [3.63, 3.8) is 0 Å². The Labute approximate surface area is 230 Å². The molecule has 7 heteroatoms. The molecule has 1 aromatic carbocycles. The summed E-state index contributed by atoms with van der Waals surface area (Å²) in [6.45, 7) is 2.29. The third-order valence-electron chi connectivity index (χ3n) is 10.5. The molecular weight excluding hydrogens is 514 g/mol. The fourth-order valence-electron chi connectivity index (χ4n) is 8.36. The first kappa shape index (κ1) is 30.6. The van der Waals surface area contributed by atoms with Gasteiger partial charge in [0.05, 0.1) is 12.7 Å². The summed E-state index contributed by atoms with van der Waals surface area (Å²) in [6, 6.07) is 2.19. The van der Waals surface area contributed by atoms with Crippen molar-refractivity contribution in [2.75, 3.05) is 7.11 Å². The minimum Gasteiger partial charge on any atom is -0.496 e. The Morgan fingerprint density at radius 1 is 0.615 bits per heavy atom. The van der Waals surface area contributed by atoms with E-state index in [1.54, 1.807) is 0 Å². The van der Waals surface area contributed by atoms with Gasteiger partial charge in [-0.25, -0.2) is 0 Å². The highest BCUT2D eigenvalue weighted by atomic mass is 19.4. The molecule has 1 nitrogen and oxygen atoms in total. The largest absolute Gasteiger partial charge is 0.496 e. The lowest BCUT2D eigenvalue weighted by Gasteiger charge is -2.41. The van der Waals surface area contributed by atoms with Crippen LogP contribution in [0.4, 0.5) is 26.3 Å². The molecule has 0 atom stereocenters. The molecule has 0 amide bonds. The van der Waals surface area contributed by atoms with Crippen molar-refractivity contribution in [2.24, 2.45) is 35.5 Å². The number of halogens is 6. The number of hydrogen-bond donors (Lipinski definition) is 0. The van der Waals surface area contributed by atoms with Crippen molar-refractivity contribution in [3.8, 4) is 5.75 Å². The van der Waals surface area contributed by atoms with Crippen LogP contribution >= 0.6 is 0 Å². The summed E-state index contributed by atoms with van der Waals surface area (Å²) in [6.07, 6.45) is 8.10. The van der Waals surface area contributed by atoms with E-state index < -0.39 is 29.2 Å². The Morgan fingerprint density at radius 3 is 1.41 bits per heavy atom. The molecule has 0 radical (unpaired) electrons. The zero-order chi connectivity index (χ0) is 28.2. The second-order valence-corrected chi connectivity index (χ2v) is 12.7. The maximum Gasteiger partial charge on any atom is 0.420 e. The van der Waals surface area contributed by atoms with Gasteiger partial charge in [0.15, 0.2) is 0 Å². The summed E-state index contributed by atoms with van der Waals surface area (Å²) in [4.78, 5) is 0. The van der Waals surface area contributed by atoms with Crippen LogP contribution in [0.5, 0.6) is 5.75 Å². The summed E-state index contributed by atoms with van der Waals surface area (Å²) < 4.78 is 87.0. The molecule has 0 unspecified atom stereocenters. The van der Waals surface area contributed by atoms with Gasteiger partial charge in [0.2, 0.25) is 0 Å². The molecule has 0 aromatic heterocycles. The lowest BCUT2D eigenvalue weighted by molar-refractivity contribution is -0.163. The van der Waals surface area contributed by atoms with E-state index in [1.165, 1.54) is 64.2 Å². The quantitative estimate of drug-likeness (QED) is 0.287. The fraction of sp³-hybridized carbons (Fsp3) is 0.812. The van der Waals surface area contributed by atoms with E-state index in [1.807, 2.05) is 0 Å². The molecule has 0 aliphatic heterocycles. The van der Waals surface area contributed by atoms with Crippen LogP contribution in [0.15, 0.2) is 12.1 Å². The Bertz CT molecular complexity index is 898. The first-order chi connectivity index (χ1) is 18.5. The van der Waals surface area contributed by atoms with Gasteiger partial charge in [0, 0.05) is 0 Å². The minimum atomic E-state index is -5.14. The summed E-state index contributed by atoms with van der Waals surface area (Å²) in [5.74, 6) is 3.74. The van der Waals surface area contributed by atoms with Gasteiger partial charge in [0.1, 0.15) is 11.3 Å². The van der Waals surface area contributed by atoms with E-state index in [9.17, 15) is 26.3 Å². The molecule has 3 fully saturated rings. The third-order valence-corrected chi connectivity index (χ3v) is 10.5. The van der Waals surface area contributed by atoms with Crippen molar-refractivity contribution in [2.45, 2.75) is 122 Å². The van der Waals surface area contributed by atoms with Gasteiger partial charge >= 0.3 is 12.4 Å². The maximum absolute atomic E-state index is 13.8. The van der Waals surface area contributed by atoms with Crippen molar-refractivity contribution in [3.05, 3.63) is 28.8 Å². The summed E-state index contributed by atoms with van der Waals surface area (Å²) in [5, 5.41) is 0. The van der Waals surface area contributed by atoms with Crippen LogP contribution in [-0.4, -0.2) is 7.11 Å². The number of alkyl halides is 6. The van der Waals surface area contributed by atoms with Gasteiger partial charge in [-0.2, -0.15) is 26.3 Å². The van der Waals surface area contributed by atoms with Crippen LogP contribution in [0.3, 0.4) is 0 Å². The van der Waals surface area contributed by atoms with Crippen LogP contribution in [-0.2, 0) is 18.8 Å². The predicted octanol–water partition coefficient (Wildman–Crippen LogP) is 10.9. The smallest absolute Gasteiger partial charge is 0.420 e. The monoisotopic (exact) mass is 560 g/mol. The van der Waals surface area contributed by atoms with Gasteiger partial charge in [-0.05, 0) is 111 Å². The van der Waals surface area contributed by atoms with E-state index in [0.717, 1.165) is 68.6 Å². The molecule has 1 aromatic rings. The van der Waals surface area contributed by atoms with Crippen LogP contribution in [0, 0.1) is 35.5 Å². The topological polar surface area (TPSA) is 9.23 Å². The molecule has 0 saturated heterocycles. The molecule has 3 saturated carbocycles. The van der Waals surface area contributed by atoms with Gasteiger partial charge in [-0.1, -0.05) is 51.5 Å². The highest BCUT2D eigenvalue weighted by molar-refractivity contribution is 5.48. The number of ether oxygens (including phenoxy) is 1. The fourth-order valence-corrected chi connectivity index (χ4v) is 8.36. The van der Waals surface area contributed by atoms with Crippen LogP contribution < -0.4 is 4.74 Å². The molecule has 0 bridgehead atoms. The molecule has 39 heavy (non-hydrogen) atoms. The first-order valence-electron chi connectivity index (χ1n) is 15.3. The van der Waals surface area contributed by atoms with Crippen molar-refractivity contribution in [1.29, 1.82) is 0 Å². The normalized spacial score (nSPS) is 30.8. The van der Waals surface area contributed by atoms with Crippen molar-refractivity contribution < 1.29 is 31.1 Å². The average Bonchev–Trinajstić information content (AvgIpc) is 2.91. The number of aryl methyl sites for hydroxylation is 1. The zero-order valence-electron chi connectivity index (χ0n) is 23.6. The lowest BCUT2D eigenvalue weighted by Crippen LogP contribution is -2.30. The molecule has 3 aliphatic rings. The second kappa shape index (κ2) is 13.1. The molecule has 0 spiro atoms. The first-order valence-corrected chi connectivity index (χ1v) is 15.3. The van der Waals surface area contributed by atoms with E-state index in [2.05, 4.69) is 11.7 Å². The zero-order valence-corrected chi connectivity index (χ0v) is 23.6. The van der Waals surface area contributed by atoms with Crippen LogP contribution in [0.1, 0.15) is 120 Å². The van der Waals surface area contributed by atoms with Gasteiger partial charge in [-0.15, -0.1) is 0 Å². The number of rotatable bonds is 8. The summed E-state index contributed by atoms with van der Waals surface area (Å²) in [5.41, 5.74) is -3.57. The lowest BCUT2D eigenvalue weighted by atomic mass is 9.64. The Balaban J connectivity index is 1.26. The molecule has 222 valence electrons.